The number of carbonyl (C=O) groups excluding carboxylic acids is 1. The zero-order chi connectivity index (χ0) is 16.9. The van der Waals surface area contributed by atoms with Gasteiger partial charge in [-0.05, 0) is 24.6 Å². The number of aromatic nitrogens is 1. The van der Waals surface area contributed by atoms with Crippen molar-refractivity contribution in [2.45, 2.75) is 6.92 Å². The predicted octanol–water partition coefficient (Wildman–Crippen LogP) is 4.02. The standard InChI is InChI=1S/C18H14FN3OS/c1-12-16(24-18(21-12)14-7-3-2-4-8-14)17(23)22-20-11-13-6-5-9-15(19)10-13/h2-11H,1H3,(H,22,23)/b20-11+. The quantitative estimate of drug-likeness (QED) is 0.576. The third kappa shape index (κ3) is 3.72. The molecule has 120 valence electrons. The third-order valence-electron chi connectivity index (χ3n) is 3.25. The van der Waals surface area contributed by atoms with Crippen molar-refractivity contribution in [1.82, 2.24) is 10.4 Å². The molecule has 0 atom stereocenters. The van der Waals surface area contributed by atoms with Gasteiger partial charge in [0.2, 0.25) is 0 Å². The van der Waals surface area contributed by atoms with Crippen LogP contribution in [-0.4, -0.2) is 17.1 Å². The molecule has 0 saturated heterocycles. The lowest BCUT2D eigenvalue weighted by molar-refractivity contribution is 0.0958. The van der Waals surface area contributed by atoms with Crippen LogP contribution in [0.5, 0.6) is 0 Å². The number of hydrogen-bond acceptors (Lipinski definition) is 4. The summed E-state index contributed by atoms with van der Waals surface area (Å²) in [5.41, 5.74) is 4.64. The van der Waals surface area contributed by atoms with E-state index in [4.69, 9.17) is 0 Å². The van der Waals surface area contributed by atoms with Gasteiger partial charge in [0.1, 0.15) is 15.7 Å². The number of amides is 1. The average molecular weight is 339 g/mol. The van der Waals surface area contributed by atoms with Crippen LogP contribution < -0.4 is 5.43 Å². The van der Waals surface area contributed by atoms with E-state index in [0.29, 0.717) is 16.1 Å². The van der Waals surface area contributed by atoms with Crippen molar-refractivity contribution in [3.05, 3.63) is 76.5 Å². The van der Waals surface area contributed by atoms with Crippen LogP contribution in [0.2, 0.25) is 0 Å². The Kier molecular flexibility index (Phi) is 4.77. The second-order valence-corrected chi connectivity index (χ2v) is 6.05. The molecule has 0 aliphatic heterocycles. The summed E-state index contributed by atoms with van der Waals surface area (Å²) in [5.74, 6) is -0.684. The van der Waals surface area contributed by atoms with E-state index in [1.807, 2.05) is 30.3 Å². The minimum Gasteiger partial charge on any atom is -0.266 e. The normalized spacial score (nSPS) is 10.9. The number of benzene rings is 2. The van der Waals surface area contributed by atoms with Crippen LogP contribution in [0, 0.1) is 12.7 Å². The Labute approximate surface area is 142 Å². The van der Waals surface area contributed by atoms with Gasteiger partial charge in [-0.25, -0.2) is 14.8 Å². The van der Waals surface area contributed by atoms with Gasteiger partial charge in [-0.3, -0.25) is 4.79 Å². The first-order valence-corrected chi connectivity index (χ1v) is 8.07. The van der Waals surface area contributed by atoms with Crippen molar-refractivity contribution in [1.29, 1.82) is 0 Å². The van der Waals surface area contributed by atoms with E-state index in [-0.39, 0.29) is 11.7 Å². The van der Waals surface area contributed by atoms with Gasteiger partial charge in [0.05, 0.1) is 11.9 Å². The Hall–Kier alpha value is -2.86. The molecule has 1 aromatic heterocycles. The molecule has 0 spiro atoms. The highest BCUT2D eigenvalue weighted by Gasteiger charge is 2.15. The third-order valence-corrected chi connectivity index (χ3v) is 4.46. The zero-order valence-corrected chi connectivity index (χ0v) is 13.7. The summed E-state index contributed by atoms with van der Waals surface area (Å²) in [7, 11) is 0. The molecule has 24 heavy (non-hydrogen) atoms. The topological polar surface area (TPSA) is 54.4 Å². The fraction of sp³-hybridized carbons (Fsp3) is 0.0556. The van der Waals surface area contributed by atoms with Gasteiger partial charge in [0.15, 0.2) is 0 Å². The molecule has 1 heterocycles. The average Bonchev–Trinajstić information content (AvgIpc) is 2.98. The fourth-order valence-electron chi connectivity index (χ4n) is 2.11. The summed E-state index contributed by atoms with van der Waals surface area (Å²) in [4.78, 5) is 17.2. The molecule has 1 amide bonds. The number of nitrogens with zero attached hydrogens (tertiary/aromatic N) is 2. The highest BCUT2D eigenvalue weighted by atomic mass is 32.1. The lowest BCUT2D eigenvalue weighted by atomic mass is 10.2. The minimum atomic E-state index is -0.351. The van der Waals surface area contributed by atoms with Crippen molar-refractivity contribution in [2.75, 3.05) is 0 Å². The van der Waals surface area contributed by atoms with Crippen molar-refractivity contribution in [3.8, 4) is 10.6 Å². The molecule has 0 saturated carbocycles. The number of carbonyl (C=O) groups is 1. The van der Waals surface area contributed by atoms with Crippen LogP contribution >= 0.6 is 11.3 Å². The molecule has 0 unspecified atom stereocenters. The fourth-order valence-corrected chi connectivity index (χ4v) is 3.08. The molecule has 6 heteroatoms. The van der Waals surface area contributed by atoms with Crippen molar-refractivity contribution < 1.29 is 9.18 Å². The maximum absolute atomic E-state index is 13.1. The minimum absolute atomic E-state index is 0.333. The summed E-state index contributed by atoms with van der Waals surface area (Å²) >= 11 is 1.31. The molecule has 0 aliphatic rings. The summed E-state index contributed by atoms with van der Waals surface area (Å²) in [5, 5.41) is 4.65. The Bertz CT molecular complexity index is 890. The Morgan fingerprint density at radius 3 is 2.75 bits per heavy atom. The van der Waals surface area contributed by atoms with Gasteiger partial charge in [-0.1, -0.05) is 42.5 Å². The summed E-state index contributed by atoms with van der Waals surface area (Å²) < 4.78 is 13.1. The van der Waals surface area contributed by atoms with E-state index in [0.717, 1.165) is 10.6 Å². The molecule has 0 aliphatic carbocycles. The first-order valence-electron chi connectivity index (χ1n) is 7.25. The molecule has 0 bridgehead atoms. The van der Waals surface area contributed by atoms with Crippen molar-refractivity contribution >= 4 is 23.5 Å². The summed E-state index contributed by atoms with van der Waals surface area (Å²) in [6, 6.07) is 15.6. The molecule has 4 nitrogen and oxygen atoms in total. The monoisotopic (exact) mass is 339 g/mol. The van der Waals surface area contributed by atoms with Crippen LogP contribution in [-0.2, 0) is 0 Å². The molecular formula is C18H14FN3OS. The number of hydrazone groups is 1. The van der Waals surface area contributed by atoms with Gasteiger partial charge >= 0.3 is 0 Å². The van der Waals surface area contributed by atoms with Crippen molar-refractivity contribution in [2.24, 2.45) is 5.10 Å². The maximum atomic E-state index is 13.1. The Morgan fingerprint density at radius 1 is 1.21 bits per heavy atom. The number of aryl methyl sites for hydroxylation is 1. The second kappa shape index (κ2) is 7.14. The molecule has 0 fully saturated rings. The van der Waals surface area contributed by atoms with Gasteiger partial charge < -0.3 is 0 Å². The highest BCUT2D eigenvalue weighted by molar-refractivity contribution is 7.17. The number of hydrogen-bond donors (Lipinski definition) is 1. The summed E-state index contributed by atoms with van der Waals surface area (Å²) in [6.45, 7) is 1.79. The largest absolute Gasteiger partial charge is 0.283 e. The molecule has 2 aromatic carbocycles. The number of nitrogens with one attached hydrogen (secondary N) is 1. The smallest absolute Gasteiger partial charge is 0.266 e. The molecule has 3 rings (SSSR count). The van der Waals surface area contributed by atoms with Gasteiger partial charge in [0.25, 0.3) is 5.91 Å². The molecule has 1 N–H and O–H groups in total. The predicted molar refractivity (Wildman–Crippen MR) is 93.7 cm³/mol. The second-order valence-electron chi connectivity index (χ2n) is 5.05. The van der Waals surface area contributed by atoms with Crippen LogP contribution in [0.3, 0.4) is 0 Å². The van der Waals surface area contributed by atoms with Gasteiger partial charge in [-0.15, -0.1) is 11.3 Å². The van der Waals surface area contributed by atoms with Crippen molar-refractivity contribution in [3.63, 3.8) is 0 Å². The van der Waals surface area contributed by atoms with E-state index in [1.54, 1.807) is 19.1 Å². The molecule has 3 aromatic rings. The Morgan fingerprint density at radius 2 is 2.00 bits per heavy atom. The Balaban J connectivity index is 1.73. The first kappa shape index (κ1) is 16.0. The zero-order valence-electron chi connectivity index (χ0n) is 12.9. The number of thiazole rings is 1. The lowest BCUT2D eigenvalue weighted by Gasteiger charge is -1.97. The van der Waals surface area contributed by atoms with Gasteiger partial charge in [0, 0.05) is 5.56 Å². The molecule has 0 radical (unpaired) electrons. The number of rotatable bonds is 4. The lowest BCUT2D eigenvalue weighted by Crippen LogP contribution is -2.17. The molecular weight excluding hydrogens is 325 g/mol. The van der Waals surface area contributed by atoms with Crippen LogP contribution in [0.15, 0.2) is 59.7 Å². The van der Waals surface area contributed by atoms with E-state index >= 15 is 0 Å². The van der Waals surface area contributed by atoms with E-state index < -0.39 is 0 Å². The summed E-state index contributed by atoms with van der Waals surface area (Å²) in [6.07, 6.45) is 1.40. The van der Waals surface area contributed by atoms with E-state index in [9.17, 15) is 9.18 Å². The SMILES string of the molecule is Cc1nc(-c2ccccc2)sc1C(=O)N/N=C/c1cccc(F)c1. The highest BCUT2D eigenvalue weighted by Crippen LogP contribution is 2.27. The first-order chi connectivity index (χ1) is 11.6. The number of halogens is 1. The van der Waals surface area contributed by atoms with E-state index in [1.165, 1.54) is 29.7 Å². The van der Waals surface area contributed by atoms with Crippen LogP contribution in [0.25, 0.3) is 10.6 Å². The van der Waals surface area contributed by atoms with E-state index in [2.05, 4.69) is 15.5 Å². The maximum Gasteiger partial charge on any atom is 0.283 e. The van der Waals surface area contributed by atoms with Crippen LogP contribution in [0.1, 0.15) is 20.9 Å². The van der Waals surface area contributed by atoms with Crippen LogP contribution in [0.4, 0.5) is 4.39 Å². The van der Waals surface area contributed by atoms with Gasteiger partial charge in [-0.2, -0.15) is 5.10 Å².